The van der Waals surface area contributed by atoms with Gasteiger partial charge >= 0.3 is 0 Å². The van der Waals surface area contributed by atoms with Gasteiger partial charge in [-0.2, -0.15) is 0 Å². The van der Waals surface area contributed by atoms with Crippen molar-refractivity contribution in [2.45, 2.75) is 43.7 Å². The molecule has 0 aromatic carbocycles. The van der Waals surface area contributed by atoms with Crippen LogP contribution in [0, 0.1) is 0 Å². The molecule has 0 saturated heterocycles. The molecule has 0 aliphatic heterocycles. The number of carbonyl (C=O) groups excluding carboxylic acids is 1. The fourth-order valence-electron chi connectivity index (χ4n) is 1.56. The molecule has 1 fully saturated rings. The second kappa shape index (κ2) is 3.34. The van der Waals surface area contributed by atoms with Crippen molar-refractivity contribution >= 4 is 5.78 Å². The number of aliphatic hydroxyl groups is 4. The fourth-order valence-corrected chi connectivity index (χ4v) is 1.56. The van der Waals surface area contributed by atoms with E-state index in [0.29, 0.717) is 0 Å². The van der Waals surface area contributed by atoms with Gasteiger partial charge in [-0.1, -0.05) is 0 Å². The van der Waals surface area contributed by atoms with Crippen molar-refractivity contribution in [3.63, 3.8) is 0 Å². The summed E-state index contributed by atoms with van der Waals surface area (Å²) in [7, 11) is 0. The van der Waals surface area contributed by atoms with Crippen LogP contribution in [-0.2, 0) is 4.79 Å². The van der Waals surface area contributed by atoms with Gasteiger partial charge in [0.25, 0.3) is 0 Å². The smallest absolute Gasteiger partial charge is 0.161 e. The molecule has 5 heteroatoms. The Morgan fingerprint density at radius 3 is 1.92 bits per heavy atom. The third-order valence-corrected chi connectivity index (χ3v) is 2.54. The normalized spacial score (nSPS) is 46.1. The molecule has 2 atom stereocenters. The fraction of sp³-hybridized carbons (Fsp3) is 0.875. The lowest BCUT2D eigenvalue weighted by Crippen LogP contribution is -2.55. The molecule has 2 unspecified atom stereocenters. The Kier molecular flexibility index (Phi) is 2.72. The molecule has 76 valence electrons. The zero-order chi connectivity index (χ0) is 10.2. The molecule has 0 amide bonds. The van der Waals surface area contributed by atoms with E-state index in [1.807, 2.05) is 0 Å². The number of Topliss-reactive ketones (excluding diaryl/α,β-unsaturated/α-hetero) is 1. The number of ketones is 1. The van der Waals surface area contributed by atoms with E-state index in [2.05, 4.69) is 0 Å². The lowest BCUT2D eigenvalue weighted by molar-refractivity contribution is -0.169. The average Bonchev–Trinajstić information content (AvgIpc) is 2.00. The summed E-state index contributed by atoms with van der Waals surface area (Å²) in [5, 5.41) is 37.2. The van der Waals surface area contributed by atoms with E-state index in [1.165, 1.54) is 6.92 Å². The Hall–Kier alpha value is -0.490. The van der Waals surface area contributed by atoms with Crippen LogP contribution in [0.2, 0.25) is 0 Å². The van der Waals surface area contributed by atoms with Gasteiger partial charge in [0, 0.05) is 12.8 Å². The van der Waals surface area contributed by atoms with Crippen LogP contribution in [0.5, 0.6) is 0 Å². The minimum atomic E-state index is -1.70. The molecule has 0 heterocycles. The Bertz CT molecular complexity index is 203. The molecule has 1 rings (SSSR count). The highest BCUT2D eigenvalue weighted by atomic mass is 16.4. The Balaban J connectivity index is 2.79. The molecule has 13 heavy (non-hydrogen) atoms. The summed E-state index contributed by atoms with van der Waals surface area (Å²) in [6.07, 6.45) is -4.23. The molecule has 1 aliphatic rings. The van der Waals surface area contributed by atoms with Crippen LogP contribution < -0.4 is 0 Å². The van der Waals surface area contributed by atoms with E-state index in [1.54, 1.807) is 0 Å². The van der Waals surface area contributed by atoms with Crippen molar-refractivity contribution in [3.05, 3.63) is 0 Å². The van der Waals surface area contributed by atoms with Crippen LogP contribution >= 0.6 is 0 Å². The van der Waals surface area contributed by atoms with Crippen LogP contribution in [0.3, 0.4) is 0 Å². The maximum Gasteiger partial charge on any atom is 0.161 e. The lowest BCUT2D eigenvalue weighted by Gasteiger charge is -2.38. The van der Waals surface area contributed by atoms with Gasteiger partial charge in [-0.25, -0.2) is 0 Å². The highest BCUT2D eigenvalue weighted by molar-refractivity contribution is 5.84. The van der Waals surface area contributed by atoms with Gasteiger partial charge in [0.15, 0.2) is 5.78 Å². The van der Waals surface area contributed by atoms with E-state index < -0.39 is 29.7 Å². The molecule has 0 aromatic heterocycles. The molecule has 1 aliphatic carbocycles. The summed E-state index contributed by atoms with van der Waals surface area (Å²) in [6, 6.07) is 0. The molecule has 0 spiro atoms. The largest absolute Gasteiger partial charge is 0.390 e. The van der Waals surface area contributed by atoms with Gasteiger partial charge in [0.05, 0.1) is 12.2 Å². The van der Waals surface area contributed by atoms with Gasteiger partial charge in [0.1, 0.15) is 11.7 Å². The van der Waals surface area contributed by atoms with Crippen molar-refractivity contribution in [1.82, 2.24) is 0 Å². The molecule has 0 bridgehead atoms. The molecule has 5 nitrogen and oxygen atoms in total. The minimum Gasteiger partial charge on any atom is -0.390 e. The predicted molar refractivity (Wildman–Crippen MR) is 42.9 cm³/mol. The zero-order valence-corrected chi connectivity index (χ0v) is 7.34. The first-order chi connectivity index (χ1) is 5.87. The minimum absolute atomic E-state index is 0.222. The number of hydrogen-bond donors (Lipinski definition) is 4. The van der Waals surface area contributed by atoms with E-state index >= 15 is 0 Å². The zero-order valence-electron chi connectivity index (χ0n) is 7.34. The van der Waals surface area contributed by atoms with E-state index in [4.69, 9.17) is 5.11 Å². The molecular weight excluding hydrogens is 176 g/mol. The Morgan fingerprint density at radius 1 is 1.23 bits per heavy atom. The topological polar surface area (TPSA) is 98.0 Å². The maximum atomic E-state index is 11.0. The molecule has 0 radical (unpaired) electrons. The molecule has 1 saturated carbocycles. The van der Waals surface area contributed by atoms with Crippen LogP contribution in [0.25, 0.3) is 0 Å². The first-order valence-corrected chi connectivity index (χ1v) is 4.14. The van der Waals surface area contributed by atoms with E-state index in [9.17, 15) is 20.1 Å². The lowest BCUT2D eigenvalue weighted by atomic mass is 9.77. The summed E-state index contributed by atoms with van der Waals surface area (Å²) >= 11 is 0. The summed E-state index contributed by atoms with van der Waals surface area (Å²) in [6.45, 7) is 1.19. The van der Waals surface area contributed by atoms with Gasteiger partial charge in [-0.3, -0.25) is 4.79 Å². The first-order valence-electron chi connectivity index (χ1n) is 4.14. The third kappa shape index (κ3) is 1.88. The Labute approximate surface area is 75.6 Å². The van der Waals surface area contributed by atoms with Crippen LogP contribution in [-0.4, -0.2) is 50.1 Å². The Morgan fingerprint density at radius 2 is 1.62 bits per heavy atom. The number of carbonyl (C=O) groups is 1. The average molecular weight is 190 g/mol. The highest BCUT2D eigenvalue weighted by Crippen LogP contribution is 2.29. The van der Waals surface area contributed by atoms with E-state index in [0.717, 1.165) is 0 Å². The van der Waals surface area contributed by atoms with Gasteiger partial charge in [0.2, 0.25) is 0 Å². The molecule has 0 aromatic rings. The third-order valence-electron chi connectivity index (χ3n) is 2.54. The van der Waals surface area contributed by atoms with Crippen LogP contribution in [0.4, 0.5) is 0 Å². The highest BCUT2D eigenvalue weighted by Gasteiger charge is 2.46. The summed E-state index contributed by atoms with van der Waals surface area (Å²) < 4.78 is 0. The van der Waals surface area contributed by atoms with Gasteiger partial charge in [-0.05, 0) is 6.92 Å². The second-order valence-electron chi connectivity index (χ2n) is 3.62. The van der Waals surface area contributed by atoms with Crippen molar-refractivity contribution in [2.24, 2.45) is 0 Å². The number of hydrogen-bond acceptors (Lipinski definition) is 5. The number of aliphatic hydroxyl groups excluding tert-OH is 3. The van der Waals surface area contributed by atoms with Crippen molar-refractivity contribution in [1.29, 1.82) is 0 Å². The summed E-state index contributed by atoms with van der Waals surface area (Å²) in [5.41, 5.74) is -1.70. The van der Waals surface area contributed by atoms with Crippen molar-refractivity contribution < 1.29 is 25.2 Å². The first kappa shape index (κ1) is 10.6. The molecule has 4 N–H and O–H groups in total. The van der Waals surface area contributed by atoms with E-state index in [-0.39, 0.29) is 12.8 Å². The summed E-state index contributed by atoms with van der Waals surface area (Å²) in [5.74, 6) is -0.502. The van der Waals surface area contributed by atoms with Gasteiger partial charge < -0.3 is 20.4 Å². The van der Waals surface area contributed by atoms with Crippen LogP contribution in [0.1, 0.15) is 19.8 Å². The quantitative estimate of drug-likeness (QED) is 0.390. The summed E-state index contributed by atoms with van der Waals surface area (Å²) in [4.78, 5) is 11.0. The van der Waals surface area contributed by atoms with Gasteiger partial charge in [-0.15, -0.1) is 0 Å². The predicted octanol–water partition coefficient (Wildman–Crippen LogP) is -1.82. The van der Waals surface area contributed by atoms with Crippen molar-refractivity contribution in [3.8, 4) is 0 Å². The standard InChI is InChI=1S/C8H14O5/c1-4(9)8(13)2-5(10)7(12)6(11)3-8/h5-7,10-13H,2-3H2,1H3. The van der Waals surface area contributed by atoms with Crippen molar-refractivity contribution in [2.75, 3.05) is 0 Å². The number of rotatable bonds is 1. The molecular formula is C8H14O5. The second-order valence-corrected chi connectivity index (χ2v) is 3.62. The SMILES string of the molecule is CC(=O)C1(O)CC(O)C(O)C(O)C1. The van der Waals surface area contributed by atoms with Crippen LogP contribution in [0.15, 0.2) is 0 Å². The monoisotopic (exact) mass is 190 g/mol. The maximum absolute atomic E-state index is 11.0.